The lowest BCUT2D eigenvalue weighted by atomic mass is 9.70. The fourth-order valence-corrected chi connectivity index (χ4v) is 2.68. The van der Waals surface area contributed by atoms with Gasteiger partial charge in [0.05, 0.1) is 6.61 Å². The lowest BCUT2D eigenvalue weighted by Crippen LogP contribution is -2.47. The van der Waals surface area contributed by atoms with Crippen molar-refractivity contribution >= 4 is 0 Å². The molecule has 0 spiro atoms. The summed E-state index contributed by atoms with van der Waals surface area (Å²) in [5, 5.41) is 0. The van der Waals surface area contributed by atoms with Crippen molar-refractivity contribution in [2.24, 2.45) is 5.73 Å². The highest BCUT2D eigenvalue weighted by Gasteiger charge is 2.35. The topological polar surface area (TPSA) is 35.2 Å². The van der Waals surface area contributed by atoms with E-state index in [4.69, 9.17) is 10.5 Å². The Morgan fingerprint density at radius 1 is 1.11 bits per heavy atom. The normalized spacial score (nSPS) is 13.6. The minimum absolute atomic E-state index is 0.0367. The van der Waals surface area contributed by atoms with Crippen LogP contribution < -0.4 is 5.73 Å². The maximum Gasteiger partial charge on any atom is 0.0626 e. The molecule has 18 heavy (non-hydrogen) atoms. The first kappa shape index (κ1) is 15.2. The second-order valence-corrected chi connectivity index (χ2v) is 4.91. The number of hydrogen-bond acceptors (Lipinski definition) is 2. The van der Waals surface area contributed by atoms with Crippen molar-refractivity contribution in [1.29, 1.82) is 0 Å². The number of rotatable bonds is 8. The highest BCUT2D eigenvalue weighted by Crippen LogP contribution is 2.34. The molecule has 1 rings (SSSR count). The highest BCUT2D eigenvalue weighted by atomic mass is 16.5. The molecule has 0 heterocycles. The van der Waals surface area contributed by atoms with Crippen LogP contribution in [0, 0.1) is 0 Å². The van der Waals surface area contributed by atoms with E-state index in [0.717, 1.165) is 25.9 Å². The molecule has 0 aliphatic carbocycles. The van der Waals surface area contributed by atoms with Gasteiger partial charge in [-0.25, -0.2) is 0 Å². The summed E-state index contributed by atoms with van der Waals surface area (Å²) in [6, 6.07) is 10.7. The summed E-state index contributed by atoms with van der Waals surface area (Å²) < 4.78 is 5.65. The van der Waals surface area contributed by atoms with Crippen molar-refractivity contribution in [3.05, 3.63) is 35.9 Å². The quantitative estimate of drug-likeness (QED) is 0.716. The second kappa shape index (κ2) is 7.55. The zero-order chi connectivity index (χ0) is 13.4. The van der Waals surface area contributed by atoms with Crippen LogP contribution in [0.3, 0.4) is 0 Å². The molecule has 1 unspecified atom stereocenters. The van der Waals surface area contributed by atoms with Gasteiger partial charge in [0.2, 0.25) is 0 Å². The molecule has 1 aromatic rings. The standard InChI is InChI=1S/C16H27NO/c1-4-12-18-13-15(17)16(5-2,6-3)14-10-8-7-9-11-14/h7-11,15H,4-6,12-13,17H2,1-3H3. The first-order valence-electron chi connectivity index (χ1n) is 7.10. The van der Waals surface area contributed by atoms with Crippen LogP contribution in [-0.2, 0) is 10.2 Å². The van der Waals surface area contributed by atoms with E-state index in [2.05, 4.69) is 51.1 Å². The zero-order valence-corrected chi connectivity index (χ0v) is 12.0. The summed E-state index contributed by atoms with van der Waals surface area (Å²) in [6.07, 6.45) is 3.14. The van der Waals surface area contributed by atoms with Gasteiger partial charge in [0.15, 0.2) is 0 Å². The average Bonchev–Trinajstić information content (AvgIpc) is 2.42. The largest absolute Gasteiger partial charge is 0.380 e. The molecule has 0 aliphatic rings. The van der Waals surface area contributed by atoms with Gasteiger partial charge in [0, 0.05) is 18.1 Å². The Balaban J connectivity index is 2.86. The maximum atomic E-state index is 6.42. The van der Waals surface area contributed by atoms with E-state index in [9.17, 15) is 0 Å². The molecule has 0 saturated carbocycles. The van der Waals surface area contributed by atoms with E-state index in [1.165, 1.54) is 5.56 Å². The number of ether oxygens (including phenoxy) is 1. The van der Waals surface area contributed by atoms with Gasteiger partial charge in [0.1, 0.15) is 0 Å². The van der Waals surface area contributed by atoms with Crippen LogP contribution in [0.25, 0.3) is 0 Å². The van der Waals surface area contributed by atoms with Crippen molar-refractivity contribution in [3.8, 4) is 0 Å². The van der Waals surface area contributed by atoms with Crippen LogP contribution in [-0.4, -0.2) is 19.3 Å². The molecule has 0 aliphatic heterocycles. The van der Waals surface area contributed by atoms with Gasteiger partial charge in [0.25, 0.3) is 0 Å². The molecule has 0 amide bonds. The van der Waals surface area contributed by atoms with Gasteiger partial charge in [-0.1, -0.05) is 51.1 Å². The molecule has 1 atom stereocenters. The maximum absolute atomic E-state index is 6.42. The van der Waals surface area contributed by atoms with Gasteiger partial charge < -0.3 is 10.5 Å². The Kier molecular flexibility index (Phi) is 6.37. The summed E-state index contributed by atoms with van der Waals surface area (Å²) >= 11 is 0. The lowest BCUT2D eigenvalue weighted by molar-refractivity contribution is 0.0940. The monoisotopic (exact) mass is 249 g/mol. The summed E-state index contributed by atoms with van der Waals surface area (Å²) in [4.78, 5) is 0. The van der Waals surface area contributed by atoms with Crippen molar-refractivity contribution < 1.29 is 4.74 Å². The first-order valence-corrected chi connectivity index (χ1v) is 7.10. The van der Waals surface area contributed by atoms with E-state index < -0.39 is 0 Å². The lowest BCUT2D eigenvalue weighted by Gasteiger charge is -2.38. The SMILES string of the molecule is CCCOCC(N)C(CC)(CC)c1ccccc1. The first-order chi connectivity index (χ1) is 8.71. The molecule has 102 valence electrons. The predicted molar refractivity (Wildman–Crippen MR) is 77.8 cm³/mol. The van der Waals surface area contributed by atoms with Crippen LogP contribution in [0.1, 0.15) is 45.6 Å². The Morgan fingerprint density at radius 3 is 2.22 bits per heavy atom. The van der Waals surface area contributed by atoms with Crippen LogP contribution >= 0.6 is 0 Å². The Hall–Kier alpha value is -0.860. The molecule has 2 heteroatoms. The summed E-state index contributed by atoms with van der Waals surface area (Å²) in [6.45, 7) is 8.00. The van der Waals surface area contributed by atoms with E-state index in [1.807, 2.05) is 0 Å². The van der Waals surface area contributed by atoms with Gasteiger partial charge >= 0.3 is 0 Å². The molecular formula is C16H27NO. The van der Waals surface area contributed by atoms with Gasteiger partial charge in [-0.05, 0) is 24.8 Å². The molecule has 0 saturated heterocycles. The summed E-state index contributed by atoms with van der Waals surface area (Å²) in [5.41, 5.74) is 7.79. The van der Waals surface area contributed by atoms with Crippen molar-refractivity contribution in [2.75, 3.05) is 13.2 Å². The van der Waals surface area contributed by atoms with E-state index >= 15 is 0 Å². The average molecular weight is 249 g/mol. The minimum atomic E-state index is 0.0367. The third-order valence-corrected chi connectivity index (χ3v) is 3.97. The summed E-state index contributed by atoms with van der Waals surface area (Å²) in [5.74, 6) is 0. The van der Waals surface area contributed by atoms with E-state index in [-0.39, 0.29) is 11.5 Å². The Morgan fingerprint density at radius 2 is 1.72 bits per heavy atom. The Labute approximate surface area is 112 Å². The Bertz CT molecular complexity index is 319. The fraction of sp³-hybridized carbons (Fsp3) is 0.625. The molecule has 2 N–H and O–H groups in total. The minimum Gasteiger partial charge on any atom is -0.380 e. The smallest absolute Gasteiger partial charge is 0.0626 e. The number of benzene rings is 1. The van der Waals surface area contributed by atoms with Crippen LogP contribution in [0.2, 0.25) is 0 Å². The van der Waals surface area contributed by atoms with Crippen molar-refractivity contribution in [1.82, 2.24) is 0 Å². The summed E-state index contributed by atoms with van der Waals surface area (Å²) in [7, 11) is 0. The van der Waals surface area contributed by atoms with Gasteiger partial charge in [-0.15, -0.1) is 0 Å². The third kappa shape index (κ3) is 3.33. The second-order valence-electron chi connectivity index (χ2n) is 4.91. The van der Waals surface area contributed by atoms with Crippen molar-refractivity contribution in [2.45, 2.75) is 51.5 Å². The zero-order valence-electron chi connectivity index (χ0n) is 12.0. The molecule has 0 aromatic heterocycles. The molecule has 1 aromatic carbocycles. The fourth-order valence-electron chi connectivity index (χ4n) is 2.68. The molecule has 2 nitrogen and oxygen atoms in total. The van der Waals surface area contributed by atoms with Crippen molar-refractivity contribution in [3.63, 3.8) is 0 Å². The number of hydrogen-bond donors (Lipinski definition) is 1. The molecule has 0 bridgehead atoms. The molecule has 0 radical (unpaired) electrons. The molecular weight excluding hydrogens is 222 g/mol. The van der Waals surface area contributed by atoms with Gasteiger partial charge in [-0.3, -0.25) is 0 Å². The van der Waals surface area contributed by atoms with Crippen LogP contribution in [0.4, 0.5) is 0 Å². The van der Waals surface area contributed by atoms with Crippen LogP contribution in [0.15, 0.2) is 30.3 Å². The molecule has 0 fully saturated rings. The van der Waals surface area contributed by atoms with E-state index in [1.54, 1.807) is 0 Å². The number of nitrogens with two attached hydrogens (primary N) is 1. The van der Waals surface area contributed by atoms with Gasteiger partial charge in [-0.2, -0.15) is 0 Å². The van der Waals surface area contributed by atoms with Crippen LogP contribution in [0.5, 0.6) is 0 Å². The predicted octanol–water partition coefficient (Wildman–Crippen LogP) is 3.50. The van der Waals surface area contributed by atoms with E-state index in [0.29, 0.717) is 6.61 Å². The third-order valence-electron chi connectivity index (χ3n) is 3.97. The highest BCUT2D eigenvalue weighted by molar-refractivity contribution is 5.27.